The Morgan fingerprint density at radius 1 is 0.542 bits per heavy atom. The predicted octanol–water partition coefficient (Wildman–Crippen LogP) is 4.22. The minimum absolute atomic E-state index is 0.485. The van der Waals surface area contributed by atoms with Crippen LogP contribution in [0.3, 0.4) is 0 Å². The van der Waals surface area contributed by atoms with E-state index in [2.05, 4.69) is 0 Å². The minimum Gasteiger partial charge on any atom is -0.503 e. The lowest BCUT2D eigenvalue weighted by Gasteiger charge is -2.18. The Labute approximate surface area is 144 Å². The number of hydrogen-bond acceptors (Lipinski definition) is 3. The molecule has 0 bridgehead atoms. The fraction of sp³-hybridized carbons (Fsp3) is 0.100. The molecule has 0 spiro atoms. The number of benzene rings is 3. The van der Waals surface area contributed by atoms with Crippen molar-refractivity contribution in [2.75, 3.05) is 0 Å². The van der Waals surface area contributed by atoms with Crippen LogP contribution >= 0.6 is 0 Å². The van der Waals surface area contributed by atoms with E-state index in [1.54, 1.807) is 0 Å². The predicted molar refractivity (Wildman–Crippen MR) is 96.7 cm³/mol. The third-order valence-corrected chi connectivity index (χ3v) is 4.78. The monoisotopic (exact) mass is 336 g/mol. The Morgan fingerprint density at radius 2 is 0.958 bits per heavy atom. The molecule has 0 aliphatic heterocycles. The molecule has 3 rings (SSSR count). The van der Waals surface area contributed by atoms with Crippen molar-refractivity contribution in [1.29, 1.82) is 0 Å². The van der Waals surface area contributed by atoms with Gasteiger partial charge in [-0.05, 0) is 23.3 Å². The smallest absolute Gasteiger partial charge is 0.503 e. The lowest BCUT2D eigenvalue weighted by molar-refractivity contribution is 0.126. The van der Waals surface area contributed by atoms with Gasteiger partial charge in [-0.15, -0.1) is 0 Å². The van der Waals surface area contributed by atoms with Crippen LogP contribution in [-0.2, 0) is 22.1 Å². The maximum absolute atomic E-state index is 5.95. The third-order valence-electron chi connectivity index (χ3n) is 3.43. The van der Waals surface area contributed by atoms with Crippen LogP contribution in [0, 0.1) is 0 Å². The first-order valence-corrected chi connectivity index (χ1v) is 9.34. The van der Waals surface area contributed by atoms with Gasteiger partial charge in [-0.3, -0.25) is 0 Å². The van der Waals surface area contributed by atoms with Gasteiger partial charge in [0.2, 0.25) is 0 Å². The van der Waals surface area contributed by atoms with Crippen LogP contribution < -0.4 is 4.43 Å². The highest BCUT2D eigenvalue weighted by Gasteiger charge is 2.18. The van der Waals surface area contributed by atoms with E-state index in [1.807, 2.05) is 91.0 Å². The van der Waals surface area contributed by atoms with E-state index in [0.717, 1.165) is 16.9 Å². The normalized spacial score (nSPS) is 10.7. The molecule has 0 N–H and O–H groups in total. The molecule has 0 atom stereocenters. The average molecular weight is 336 g/mol. The van der Waals surface area contributed by atoms with E-state index in [9.17, 15) is 0 Å². The second-order valence-corrected chi connectivity index (χ2v) is 6.79. The Balaban J connectivity index is 1.61. The van der Waals surface area contributed by atoms with Crippen molar-refractivity contribution in [3.8, 4) is 5.75 Å². The molecule has 0 aliphatic rings. The molecule has 0 saturated carbocycles. The molecule has 0 unspecified atom stereocenters. The summed E-state index contributed by atoms with van der Waals surface area (Å²) in [7, 11) is -2.30. The van der Waals surface area contributed by atoms with Gasteiger partial charge < -0.3 is 13.3 Å². The van der Waals surface area contributed by atoms with Crippen LogP contribution in [0.2, 0.25) is 0 Å². The fourth-order valence-corrected chi connectivity index (χ4v) is 3.47. The van der Waals surface area contributed by atoms with Crippen molar-refractivity contribution >= 4 is 9.53 Å². The summed E-state index contributed by atoms with van der Waals surface area (Å²) in [6.07, 6.45) is 0. The number of para-hydroxylation sites is 1. The van der Waals surface area contributed by atoms with Gasteiger partial charge in [0.1, 0.15) is 5.75 Å². The van der Waals surface area contributed by atoms with Gasteiger partial charge in [-0.25, -0.2) is 0 Å². The van der Waals surface area contributed by atoms with Gasteiger partial charge in [-0.1, -0.05) is 78.9 Å². The highest BCUT2D eigenvalue weighted by molar-refractivity contribution is 6.37. The van der Waals surface area contributed by atoms with Gasteiger partial charge in [0.05, 0.1) is 13.2 Å². The summed E-state index contributed by atoms with van der Waals surface area (Å²) < 4.78 is 17.8. The summed E-state index contributed by atoms with van der Waals surface area (Å²) in [6, 6.07) is 29.8. The summed E-state index contributed by atoms with van der Waals surface area (Å²) in [5.41, 5.74) is 2.21. The zero-order valence-corrected chi connectivity index (χ0v) is 14.5. The Bertz CT molecular complexity index is 661. The van der Waals surface area contributed by atoms with Crippen molar-refractivity contribution in [3.63, 3.8) is 0 Å². The molecule has 0 aliphatic carbocycles. The Morgan fingerprint density at radius 3 is 1.42 bits per heavy atom. The Kier molecular flexibility index (Phi) is 6.19. The van der Waals surface area contributed by atoms with Crippen molar-refractivity contribution in [2.24, 2.45) is 0 Å². The first-order chi connectivity index (χ1) is 11.9. The topological polar surface area (TPSA) is 27.7 Å². The minimum atomic E-state index is -2.30. The average Bonchev–Trinajstić information content (AvgIpc) is 2.66. The van der Waals surface area contributed by atoms with E-state index in [4.69, 9.17) is 13.3 Å². The molecule has 0 heterocycles. The molecule has 4 heteroatoms. The first-order valence-electron chi connectivity index (χ1n) is 7.93. The van der Waals surface area contributed by atoms with Crippen LogP contribution in [0.1, 0.15) is 11.1 Å². The maximum atomic E-state index is 5.95. The first kappa shape index (κ1) is 16.5. The Hall–Kier alpha value is -2.40. The highest BCUT2D eigenvalue weighted by Crippen LogP contribution is 2.13. The van der Waals surface area contributed by atoms with Gasteiger partial charge in [0, 0.05) is 0 Å². The molecule has 3 aromatic carbocycles. The molecule has 0 fully saturated rings. The van der Waals surface area contributed by atoms with E-state index >= 15 is 0 Å². The van der Waals surface area contributed by atoms with Crippen LogP contribution in [0.25, 0.3) is 0 Å². The second-order valence-electron chi connectivity index (χ2n) is 5.31. The van der Waals surface area contributed by atoms with E-state index in [0.29, 0.717) is 13.2 Å². The van der Waals surface area contributed by atoms with Gasteiger partial charge in [-0.2, -0.15) is 0 Å². The van der Waals surface area contributed by atoms with E-state index in [1.165, 1.54) is 0 Å². The lowest BCUT2D eigenvalue weighted by atomic mass is 10.2. The summed E-state index contributed by atoms with van der Waals surface area (Å²) in [5, 5.41) is 0. The summed E-state index contributed by atoms with van der Waals surface area (Å²) in [5.74, 6) is 0.773. The van der Waals surface area contributed by atoms with Gasteiger partial charge in [0.25, 0.3) is 0 Å². The van der Waals surface area contributed by atoms with E-state index < -0.39 is 9.53 Å². The maximum Gasteiger partial charge on any atom is 0.550 e. The molecule has 0 saturated heterocycles. The molecule has 3 nitrogen and oxygen atoms in total. The fourth-order valence-electron chi connectivity index (χ4n) is 2.20. The highest BCUT2D eigenvalue weighted by atomic mass is 28.3. The molecule has 3 aromatic rings. The molecule has 0 amide bonds. The van der Waals surface area contributed by atoms with Crippen LogP contribution in [0.15, 0.2) is 91.0 Å². The number of rotatable bonds is 8. The van der Waals surface area contributed by atoms with Crippen LogP contribution in [0.5, 0.6) is 5.75 Å². The zero-order valence-electron chi connectivity index (χ0n) is 13.4. The van der Waals surface area contributed by atoms with Gasteiger partial charge >= 0.3 is 9.53 Å². The second kappa shape index (κ2) is 9.03. The molecule has 122 valence electrons. The van der Waals surface area contributed by atoms with Crippen molar-refractivity contribution in [2.45, 2.75) is 13.2 Å². The lowest BCUT2D eigenvalue weighted by Crippen LogP contribution is -2.30. The van der Waals surface area contributed by atoms with E-state index in [-0.39, 0.29) is 0 Å². The molecule has 24 heavy (non-hydrogen) atoms. The standard InChI is InChI=1S/C20H20O3Si/c1-4-10-18(11-5-1)16-21-24(23-20-14-8-3-9-15-20)22-17-19-12-6-2-7-13-19/h1-15,24H,16-17H2. The van der Waals surface area contributed by atoms with Crippen molar-refractivity contribution < 1.29 is 13.3 Å². The molecule has 0 radical (unpaired) electrons. The summed E-state index contributed by atoms with van der Waals surface area (Å²) in [4.78, 5) is 0. The summed E-state index contributed by atoms with van der Waals surface area (Å²) in [6.45, 7) is 0.971. The molecular weight excluding hydrogens is 316 g/mol. The van der Waals surface area contributed by atoms with Crippen LogP contribution in [-0.4, -0.2) is 9.53 Å². The quantitative estimate of drug-likeness (QED) is 0.577. The van der Waals surface area contributed by atoms with Crippen LogP contribution in [0.4, 0.5) is 0 Å². The zero-order chi connectivity index (χ0) is 16.5. The largest absolute Gasteiger partial charge is 0.550 e. The van der Waals surface area contributed by atoms with Gasteiger partial charge in [0.15, 0.2) is 0 Å². The van der Waals surface area contributed by atoms with Crippen molar-refractivity contribution in [3.05, 3.63) is 102 Å². The SMILES string of the molecule is c1ccc(CO[SiH](OCc2ccccc2)Oc2ccccc2)cc1. The van der Waals surface area contributed by atoms with Crippen molar-refractivity contribution in [1.82, 2.24) is 0 Å². The third kappa shape index (κ3) is 5.35. The summed E-state index contributed by atoms with van der Waals surface area (Å²) >= 11 is 0. The molecular formula is C20H20O3Si. The molecule has 0 aromatic heterocycles. The number of hydrogen-bond donors (Lipinski definition) is 0.